The number of hydrogen-bond acceptors (Lipinski definition) is 3. The Hall–Kier alpha value is -1.55. The number of aryl methyl sites for hydroxylation is 1. The number of nitrogens with two attached hydrogens (primary N) is 1. The van der Waals surface area contributed by atoms with Crippen molar-refractivity contribution in [2.75, 3.05) is 18.0 Å². The molecule has 0 radical (unpaired) electrons. The van der Waals surface area contributed by atoms with E-state index in [1.54, 1.807) is 0 Å². The first-order valence-corrected chi connectivity index (χ1v) is 6.20. The van der Waals surface area contributed by atoms with E-state index in [1.165, 1.54) is 31.6 Å². The van der Waals surface area contributed by atoms with Crippen LogP contribution in [0.1, 0.15) is 18.7 Å². The molecule has 1 aromatic heterocycles. The van der Waals surface area contributed by atoms with Crippen LogP contribution in [-0.4, -0.2) is 22.6 Å². The minimum Gasteiger partial charge on any atom is -0.371 e. The number of fused-ring (bicyclic) bond motifs is 1. The molecule has 4 heteroatoms. The Balaban J connectivity index is 2.06. The number of anilines is 1. The second-order valence-electron chi connectivity index (χ2n) is 4.66. The van der Waals surface area contributed by atoms with Crippen LogP contribution in [-0.2, 0) is 13.6 Å². The Labute approximate surface area is 101 Å². The van der Waals surface area contributed by atoms with E-state index in [-0.39, 0.29) is 0 Å². The third-order valence-corrected chi connectivity index (χ3v) is 3.61. The fraction of sp³-hybridized carbons (Fsp3) is 0.462. The maximum absolute atomic E-state index is 5.68. The fourth-order valence-corrected chi connectivity index (χ4v) is 2.59. The van der Waals surface area contributed by atoms with Gasteiger partial charge in [0.05, 0.1) is 17.6 Å². The summed E-state index contributed by atoms with van der Waals surface area (Å²) in [6.07, 6.45) is 2.60. The summed E-state index contributed by atoms with van der Waals surface area (Å²) in [6.45, 7) is 2.83. The van der Waals surface area contributed by atoms with Gasteiger partial charge in [-0.3, -0.25) is 0 Å². The second-order valence-corrected chi connectivity index (χ2v) is 4.66. The molecule has 1 aliphatic rings. The summed E-state index contributed by atoms with van der Waals surface area (Å²) in [5, 5.41) is 0. The first-order chi connectivity index (χ1) is 8.29. The van der Waals surface area contributed by atoms with Crippen LogP contribution in [0.25, 0.3) is 11.0 Å². The van der Waals surface area contributed by atoms with Crippen LogP contribution in [0, 0.1) is 0 Å². The van der Waals surface area contributed by atoms with Gasteiger partial charge in [-0.25, -0.2) is 4.98 Å². The van der Waals surface area contributed by atoms with Crippen LogP contribution in [0.2, 0.25) is 0 Å². The maximum Gasteiger partial charge on any atom is 0.123 e. The minimum atomic E-state index is 0.490. The van der Waals surface area contributed by atoms with Crippen molar-refractivity contribution >= 4 is 16.7 Å². The molecule has 4 nitrogen and oxygen atoms in total. The summed E-state index contributed by atoms with van der Waals surface area (Å²) < 4.78 is 2.07. The van der Waals surface area contributed by atoms with Gasteiger partial charge in [0.2, 0.25) is 0 Å². The smallest absolute Gasteiger partial charge is 0.123 e. The van der Waals surface area contributed by atoms with E-state index in [1.807, 2.05) is 7.05 Å². The zero-order valence-corrected chi connectivity index (χ0v) is 10.2. The quantitative estimate of drug-likeness (QED) is 0.853. The van der Waals surface area contributed by atoms with Gasteiger partial charge in [-0.05, 0) is 31.0 Å². The highest BCUT2D eigenvalue weighted by Crippen LogP contribution is 2.25. The molecule has 2 N–H and O–H groups in total. The summed E-state index contributed by atoms with van der Waals surface area (Å²) >= 11 is 0. The number of nitrogens with zero attached hydrogens (tertiary/aromatic N) is 3. The standard InChI is InChI=1S/C13H18N4/c1-16-12-5-4-10(17-6-2-3-7-17)8-11(12)15-13(16)9-14/h4-5,8H,2-3,6-7,9,14H2,1H3. The van der Waals surface area contributed by atoms with Crippen LogP contribution in [0.15, 0.2) is 18.2 Å². The lowest BCUT2D eigenvalue weighted by Crippen LogP contribution is -2.17. The van der Waals surface area contributed by atoms with Gasteiger partial charge in [-0.2, -0.15) is 0 Å². The number of aromatic nitrogens is 2. The van der Waals surface area contributed by atoms with Crippen molar-refractivity contribution in [1.29, 1.82) is 0 Å². The second kappa shape index (κ2) is 4.04. The van der Waals surface area contributed by atoms with E-state index in [4.69, 9.17) is 5.73 Å². The Bertz CT molecular complexity index is 538. The Morgan fingerprint density at radius 3 is 2.76 bits per heavy atom. The molecule has 1 saturated heterocycles. The molecule has 0 bridgehead atoms. The van der Waals surface area contributed by atoms with Crippen LogP contribution in [0.3, 0.4) is 0 Å². The summed E-state index contributed by atoms with van der Waals surface area (Å²) in [4.78, 5) is 7.00. The van der Waals surface area contributed by atoms with Crippen LogP contribution in [0.5, 0.6) is 0 Å². The van der Waals surface area contributed by atoms with Gasteiger partial charge in [0.25, 0.3) is 0 Å². The van der Waals surface area contributed by atoms with E-state index >= 15 is 0 Å². The molecule has 0 amide bonds. The lowest BCUT2D eigenvalue weighted by Gasteiger charge is -2.17. The van der Waals surface area contributed by atoms with Crippen molar-refractivity contribution in [2.24, 2.45) is 12.8 Å². The SMILES string of the molecule is Cn1c(CN)nc2cc(N3CCCC3)ccc21. The first kappa shape index (κ1) is 10.6. The minimum absolute atomic E-state index is 0.490. The molecule has 1 aromatic carbocycles. The molecular formula is C13H18N4. The van der Waals surface area contributed by atoms with E-state index in [0.29, 0.717) is 6.54 Å². The number of imidazole rings is 1. The zero-order valence-electron chi connectivity index (χ0n) is 10.2. The van der Waals surface area contributed by atoms with Gasteiger partial charge in [-0.15, -0.1) is 0 Å². The summed E-state index contributed by atoms with van der Waals surface area (Å²) in [5.74, 6) is 0.943. The normalized spacial score (nSPS) is 16.0. The molecule has 0 saturated carbocycles. The van der Waals surface area contributed by atoms with Gasteiger partial charge in [0.1, 0.15) is 5.82 Å². The number of hydrogen-bond donors (Lipinski definition) is 1. The molecule has 90 valence electrons. The maximum atomic E-state index is 5.68. The van der Waals surface area contributed by atoms with Gasteiger partial charge >= 0.3 is 0 Å². The van der Waals surface area contributed by atoms with Gasteiger partial charge in [0, 0.05) is 25.8 Å². The summed E-state index contributed by atoms with van der Waals surface area (Å²) in [7, 11) is 2.02. The lowest BCUT2D eigenvalue weighted by atomic mass is 10.2. The predicted molar refractivity (Wildman–Crippen MR) is 70.1 cm³/mol. The Morgan fingerprint density at radius 2 is 2.06 bits per heavy atom. The highest BCUT2D eigenvalue weighted by molar-refractivity contribution is 5.80. The monoisotopic (exact) mass is 230 g/mol. The molecular weight excluding hydrogens is 212 g/mol. The summed E-state index contributed by atoms with van der Waals surface area (Å²) in [6, 6.07) is 6.52. The topological polar surface area (TPSA) is 47.1 Å². The number of rotatable bonds is 2. The molecule has 17 heavy (non-hydrogen) atoms. The highest BCUT2D eigenvalue weighted by Gasteiger charge is 2.14. The first-order valence-electron chi connectivity index (χ1n) is 6.20. The van der Waals surface area contributed by atoms with Crippen molar-refractivity contribution in [2.45, 2.75) is 19.4 Å². The van der Waals surface area contributed by atoms with Gasteiger partial charge in [0.15, 0.2) is 0 Å². The molecule has 0 aliphatic carbocycles. The van der Waals surface area contributed by atoms with E-state index in [0.717, 1.165) is 16.9 Å². The third-order valence-electron chi connectivity index (χ3n) is 3.61. The van der Waals surface area contributed by atoms with Crippen LogP contribution < -0.4 is 10.6 Å². The fourth-order valence-electron chi connectivity index (χ4n) is 2.59. The van der Waals surface area contributed by atoms with E-state index < -0.39 is 0 Å². The van der Waals surface area contributed by atoms with E-state index in [2.05, 4.69) is 32.7 Å². The highest BCUT2D eigenvalue weighted by atomic mass is 15.1. The van der Waals surface area contributed by atoms with Crippen molar-refractivity contribution < 1.29 is 0 Å². The van der Waals surface area contributed by atoms with Crippen molar-refractivity contribution in [3.05, 3.63) is 24.0 Å². The van der Waals surface area contributed by atoms with Gasteiger partial charge < -0.3 is 15.2 Å². The largest absolute Gasteiger partial charge is 0.371 e. The molecule has 0 atom stereocenters. The molecule has 3 rings (SSSR count). The molecule has 0 spiro atoms. The van der Waals surface area contributed by atoms with Crippen molar-refractivity contribution in [3.8, 4) is 0 Å². The zero-order chi connectivity index (χ0) is 11.8. The molecule has 2 aromatic rings. The summed E-state index contributed by atoms with van der Waals surface area (Å²) in [5.41, 5.74) is 9.18. The van der Waals surface area contributed by atoms with Crippen LogP contribution in [0.4, 0.5) is 5.69 Å². The molecule has 0 unspecified atom stereocenters. The average molecular weight is 230 g/mol. The van der Waals surface area contributed by atoms with Gasteiger partial charge in [-0.1, -0.05) is 0 Å². The lowest BCUT2D eigenvalue weighted by molar-refractivity contribution is 0.813. The average Bonchev–Trinajstić information content (AvgIpc) is 2.97. The molecule has 2 heterocycles. The number of benzene rings is 1. The Morgan fingerprint density at radius 1 is 1.29 bits per heavy atom. The third kappa shape index (κ3) is 1.69. The van der Waals surface area contributed by atoms with Crippen LogP contribution >= 0.6 is 0 Å². The Kier molecular flexibility index (Phi) is 2.52. The van der Waals surface area contributed by atoms with E-state index in [9.17, 15) is 0 Å². The van der Waals surface area contributed by atoms with Crippen molar-refractivity contribution in [1.82, 2.24) is 9.55 Å². The molecule has 1 aliphatic heterocycles. The predicted octanol–water partition coefficient (Wildman–Crippen LogP) is 1.63. The van der Waals surface area contributed by atoms with Crippen molar-refractivity contribution in [3.63, 3.8) is 0 Å². The molecule has 1 fully saturated rings.